The van der Waals surface area contributed by atoms with Gasteiger partial charge in [-0.05, 0) is 36.1 Å². The smallest absolute Gasteiger partial charge is 0.231 e. The van der Waals surface area contributed by atoms with Gasteiger partial charge in [0.05, 0.1) is 6.10 Å². The van der Waals surface area contributed by atoms with Gasteiger partial charge in [0.2, 0.25) is 6.79 Å². The van der Waals surface area contributed by atoms with Gasteiger partial charge < -0.3 is 14.6 Å². The monoisotopic (exact) mass is 178 g/mol. The van der Waals surface area contributed by atoms with Crippen LogP contribution in [0.4, 0.5) is 0 Å². The minimum atomic E-state index is -0.225. The second-order valence-electron chi connectivity index (χ2n) is 3.54. The molecule has 0 radical (unpaired) electrons. The molecule has 3 heteroatoms. The Hall–Kier alpha value is -1.22. The van der Waals surface area contributed by atoms with Crippen LogP contribution >= 0.6 is 0 Å². The summed E-state index contributed by atoms with van der Waals surface area (Å²) in [5.74, 6) is 1.63. The Bertz CT molecular complexity index is 326. The van der Waals surface area contributed by atoms with Crippen molar-refractivity contribution in [3.63, 3.8) is 0 Å². The highest BCUT2D eigenvalue weighted by molar-refractivity contribution is 5.50. The molecule has 1 N–H and O–H groups in total. The van der Waals surface area contributed by atoms with Crippen LogP contribution in [0.1, 0.15) is 11.1 Å². The molecule has 0 aromatic heterocycles. The quantitative estimate of drug-likeness (QED) is 0.640. The fourth-order valence-electron chi connectivity index (χ4n) is 1.99. The first-order valence-corrected chi connectivity index (χ1v) is 4.42. The summed E-state index contributed by atoms with van der Waals surface area (Å²) in [6.07, 6.45) is 1.26. The maximum Gasteiger partial charge on any atom is 0.231 e. The predicted octanol–water partition coefficient (Wildman–Crippen LogP) is 0.875. The van der Waals surface area contributed by atoms with E-state index in [1.54, 1.807) is 0 Å². The molecule has 0 unspecified atom stereocenters. The van der Waals surface area contributed by atoms with Crippen LogP contribution in [0, 0.1) is 0 Å². The van der Waals surface area contributed by atoms with Crippen molar-refractivity contribution in [1.29, 1.82) is 0 Å². The summed E-state index contributed by atoms with van der Waals surface area (Å²) in [6.45, 7) is 0.320. The lowest BCUT2D eigenvalue weighted by Gasteiger charge is -2.00. The molecule has 3 nitrogen and oxygen atoms in total. The third kappa shape index (κ3) is 1.00. The molecule has 0 saturated heterocycles. The van der Waals surface area contributed by atoms with Crippen LogP contribution < -0.4 is 9.47 Å². The number of ether oxygens (including phenoxy) is 2. The van der Waals surface area contributed by atoms with Gasteiger partial charge in [0, 0.05) is 0 Å². The number of hydrogen-bond acceptors (Lipinski definition) is 3. The number of aliphatic hydroxyl groups is 1. The van der Waals surface area contributed by atoms with Crippen LogP contribution in [0.3, 0.4) is 0 Å². The highest BCUT2D eigenvalue weighted by atomic mass is 16.7. The molecule has 1 aliphatic heterocycles. The molecule has 13 heavy (non-hydrogen) atoms. The zero-order valence-corrected chi connectivity index (χ0v) is 7.12. The molecule has 3 rings (SSSR count). The Morgan fingerprint density at radius 1 is 1.08 bits per heavy atom. The molecule has 68 valence electrons. The summed E-state index contributed by atoms with van der Waals surface area (Å²) in [6, 6.07) is 3.96. The fraction of sp³-hybridized carbons (Fsp3) is 0.400. The number of hydrogen-bond donors (Lipinski definition) is 1. The lowest BCUT2D eigenvalue weighted by atomic mass is 10.1. The summed E-state index contributed by atoms with van der Waals surface area (Å²) in [5.41, 5.74) is 2.38. The van der Waals surface area contributed by atoms with Gasteiger partial charge in [0.25, 0.3) is 0 Å². The Labute approximate surface area is 75.9 Å². The summed E-state index contributed by atoms with van der Waals surface area (Å²) in [5, 5.41) is 9.44. The largest absolute Gasteiger partial charge is 0.454 e. The Morgan fingerprint density at radius 2 is 1.62 bits per heavy atom. The normalized spacial score (nSPS) is 19.2. The van der Waals surface area contributed by atoms with Crippen molar-refractivity contribution < 1.29 is 14.6 Å². The topological polar surface area (TPSA) is 38.7 Å². The van der Waals surface area contributed by atoms with Crippen molar-refractivity contribution in [3.05, 3.63) is 23.3 Å². The van der Waals surface area contributed by atoms with Crippen LogP contribution in [0.15, 0.2) is 12.1 Å². The molecule has 0 fully saturated rings. The number of fused-ring (bicyclic) bond motifs is 2. The SMILES string of the molecule is OC1Cc2cc3c(cc2C1)OCO3. The Kier molecular flexibility index (Phi) is 1.32. The zero-order chi connectivity index (χ0) is 8.84. The molecule has 1 aliphatic carbocycles. The minimum absolute atomic E-state index is 0.225. The van der Waals surface area contributed by atoms with Gasteiger partial charge in [-0.3, -0.25) is 0 Å². The van der Waals surface area contributed by atoms with E-state index in [2.05, 4.69) is 0 Å². The van der Waals surface area contributed by atoms with E-state index < -0.39 is 0 Å². The van der Waals surface area contributed by atoms with Gasteiger partial charge in [-0.1, -0.05) is 0 Å². The minimum Gasteiger partial charge on any atom is -0.454 e. The third-order valence-corrected chi connectivity index (χ3v) is 2.61. The van der Waals surface area contributed by atoms with E-state index >= 15 is 0 Å². The van der Waals surface area contributed by atoms with Crippen molar-refractivity contribution in [3.8, 4) is 11.5 Å². The lowest BCUT2D eigenvalue weighted by Crippen LogP contribution is -2.03. The van der Waals surface area contributed by atoms with Crippen LogP contribution in [0.2, 0.25) is 0 Å². The van der Waals surface area contributed by atoms with Gasteiger partial charge in [-0.15, -0.1) is 0 Å². The second-order valence-corrected chi connectivity index (χ2v) is 3.54. The fourth-order valence-corrected chi connectivity index (χ4v) is 1.99. The predicted molar refractivity (Wildman–Crippen MR) is 46.0 cm³/mol. The maximum atomic E-state index is 9.44. The van der Waals surface area contributed by atoms with E-state index in [1.165, 1.54) is 11.1 Å². The van der Waals surface area contributed by atoms with E-state index in [-0.39, 0.29) is 6.10 Å². The second kappa shape index (κ2) is 2.39. The molecular formula is C10H10O3. The van der Waals surface area contributed by atoms with Gasteiger partial charge in [-0.25, -0.2) is 0 Å². The first-order chi connectivity index (χ1) is 6.33. The molecule has 1 aromatic carbocycles. The van der Waals surface area contributed by atoms with Crippen LogP contribution in [0.5, 0.6) is 11.5 Å². The van der Waals surface area contributed by atoms with Crippen molar-refractivity contribution in [2.24, 2.45) is 0 Å². The van der Waals surface area contributed by atoms with Gasteiger partial charge in [0.1, 0.15) is 0 Å². The summed E-state index contributed by atoms with van der Waals surface area (Å²) in [4.78, 5) is 0. The van der Waals surface area contributed by atoms with E-state index in [1.807, 2.05) is 12.1 Å². The van der Waals surface area contributed by atoms with E-state index in [0.29, 0.717) is 6.79 Å². The number of benzene rings is 1. The Balaban J connectivity index is 2.10. The van der Waals surface area contributed by atoms with E-state index in [9.17, 15) is 5.11 Å². The maximum absolute atomic E-state index is 9.44. The van der Waals surface area contributed by atoms with Gasteiger partial charge >= 0.3 is 0 Å². The van der Waals surface area contributed by atoms with Crippen LogP contribution in [-0.4, -0.2) is 18.0 Å². The number of aliphatic hydroxyl groups excluding tert-OH is 1. The van der Waals surface area contributed by atoms with Crippen molar-refractivity contribution in [1.82, 2.24) is 0 Å². The first-order valence-electron chi connectivity index (χ1n) is 4.42. The average molecular weight is 178 g/mol. The van der Waals surface area contributed by atoms with E-state index in [0.717, 1.165) is 24.3 Å². The number of rotatable bonds is 0. The molecule has 0 saturated carbocycles. The molecule has 0 bridgehead atoms. The van der Waals surface area contributed by atoms with Crippen molar-refractivity contribution >= 4 is 0 Å². The molecule has 2 aliphatic rings. The highest BCUT2D eigenvalue weighted by Crippen LogP contribution is 2.37. The van der Waals surface area contributed by atoms with Crippen LogP contribution in [0.25, 0.3) is 0 Å². The Morgan fingerprint density at radius 3 is 2.15 bits per heavy atom. The summed E-state index contributed by atoms with van der Waals surface area (Å²) >= 11 is 0. The molecular weight excluding hydrogens is 168 g/mol. The highest BCUT2D eigenvalue weighted by Gasteiger charge is 2.24. The average Bonchev–Trinajstić information content (AvgIpc) is 2.63. The first kappa shape index (κ1) is 7.21. The lowest BCUT2D eigenvalue weighted by molar-refractivity contribution is 0.173. The van der Waals surface area contributed by atoms with Crippen LogP contribution in [-0.2, 0) is 12.8 Å². The molecule has 0 atom stereocenters. The molecule has 1 aromatic rings. The molecule has 0 spiro atoms. The van der Waals surface area contributed by atoms with Crippen molar-refractivity contribution in [2.75, 3.05) is 6.79 Å². The van der Waals surface area contributed by atoms with Crippen molar-refractivity contribution in [2.45, 2.75) is 18.9 Å². The summed E-state index contributed by atoms with van der Waals surface area (Å²) < 4.78 is 10.5. The zero-order valence-electron chi connectivity index (χ0n) is 7.12. The molecule has 1 heterocycles. The standard InChI is InChI=1S/C10H10O3/c11-8-1-6-3-9-10(13-5-12-9)4-7(6)2-8/h3-4,8,11H,1-2,5H2. The van der Waals surface area contributed by atoms with E-state index in [4.69, 9.17) is 9.47 Å². The summed E-state index contributed by atoms with van der Waals surface area (Å²) in [7, 11) is 0. The molecule has 0 amide bonds. The van der Waals surface area contributed by atoms with Gasteiger partial charge in [0.15, 0.2) is 11.5 Å². The third-order valence-electron chi connectivity index (χ3n) is 2.61. The van der Waals surface area contributed by atoms with Gasteiger partial charge in [-0.2, -0.15) is 0 Å².